The largest absolute Gasteiger partial charge is 0.325 e. The van der Waals surface area contributed by atoms with E-state index in [2.05, 4.69) is 5.32 Å². The molecule has 2 aliphatic rings. The summed E-state index contributed by atoms with van der Waals surface area (Å²) in [5, 5.41) is 4.10. The third-order valence-corrected chi connectivity index (χ3v) is 6.13. The number of benzene rings is 2. The standard InChI is InChI=1S/C21H20Cl2N2O2/c22-15-5-1-4-14(12-15)21(9-3-10-21)20(27)24-16-7-8-18(17(23)13-16)25-11-2-6-19(25)26/h1,4-5,7-8,12-13H,2-3,6,9-11H2,(H,24,27). The molecule has 0 atom stereocenters. The molecule has 140 valence electrons. The maximum atomic E-state index is 13.1. The first-order valence-electron chi connectivity index (χ1n) is 9.17. The van der Waals surface area contributed by atoms with E-state index in [1.54, 1.807) is 23.1 Å². The van der Waals surface area contributed by atoms with Crippen molar-refractivity contribution in [1.82, 2.24) is 0 Å². The number of nitrogens with zero attached hydrogens (tertiary/aromatic N) is 1. The van der Waals surface area contributed by atoms with Gasteiger partial charge >= 0.3 is 0 Å². The molecule has 1 N–H and O–H groups in total. The van der Waals surface area contributed by atoms with Crippen LogP contribution in [-0.2, 0) is 15.0 Å². The van der Waals surface area contributed by atoms with Crippen LogP contribution in [0.15, 0.2) is 42.5 Å². The first-order valence-corrected chi connectivity index (χ1v) is 9.93. The fourth-order valence-corrected chi connectivity index (χ4v) is 4.39. The summed E-state index contributed by atoms with van der Waals surface area (Å²) in [7, 11) is 0. The highest BCUT2D eigenvalue weighted by atomic mass is 35.5. The summed E-state index contributed by atoms with van der Waals surface area (Å²) in [6, 6.07) is 12.8. The molecule has 2 aromatic carbocycles. The normalized spacial score (nSPS) is 18.3. The molecule has 1 heterocycles. The maximum Gasteiger partial charge on any atom is 0.235 e. The van der Waals surface area contributed by atoms with Gasteiger partial charge in [-0.05, 0) is 55.2 Å². The maximum absolute atomic E-state index is 13.1. The number of nitrogens with one attached hydrogen (secondary N) is 1. The lowest BCUT2D eigenvalue weighted by atomic mass is 9.64. The molecule has 0 aromatic heterocycles. The highest BCUT2D eigenvalue weighted by Gasteiger charge is 2.45. The van der Waals surface area contributed by atoms with Crippen molar-refractivity contribution in [2.75, 3.05) is 16.8 Å². The molecule has 0 bridgehead atoms. The summed E-state index contributed by atoms with van der Waals surface area (Å²) in [5.41, 5.74) is 1.74. The molecule has 1 saturated heterocycles. The Bertz CT molecular complexity index is 909. The lowest BCUT2D eigenvalue weighted by Crippen LogP contribution is -2.46. The van der Waals surface area contributed by atoms with Crippen LogP contribution < -0.4 is 10.2 Å². The minimum Gasteiger partial charge on any atom is -0.325 e. The van der Waals surface area contributed by atoms with E-state index in [0.717, 1.165) is 31.2 Å². The van der Waals surface area contributed by atoms with Crippen LogP contribution in [0.2, 0.25) is 10.0 Å². The quantitative estimate of drug-likeness (QED) is 0.765. The summed E-state index contributed by atoms with van der Waals surface area (Å²) in [6.45, 7) is 0.683. The molecule has 0 radical (unpaired) electrons. The third kappa shape index (κ3) is 3.32. The van der Waals surface area contributed by atoms with Crippen LogP contribution in [0, 0.1) is 0 Å². The second-order valence-corrected chi connectivity index (χ2v) is 8.06. The van der Waals surface area contributed by atoms with Gasteiger partial charge in [0, 0.05) is 23.7 Å². The monoisotopic (exact) mass is 402 g/mol. The van der Waals surface area contributed by atoms with Gasteiger partial charge in [-0.2, -0.15) is 0 Å². The van der Waals surface area contributed by atoms with Crippen LogP contribution in [0.25, 0.3) is 0 Å². The number of halogens is 2. The van der Waals surface area contributed by atoms with Gasteiger partial charge in [-0.1, -0.05) is 41.8 Å². The fraction of sp³-hybridized carbons (Fsp3) is 0.333. The van der Waals surface area contributed by atoms with Gasteiger partial charge < -0.3 is 10.2 Å². The van der Waals surface area contributed by atoms with E-state index in [9.17, 15) is 9.59 Å². The Hall–Kier alpha value is -2.04. The van der Waals surface area contributed by atoms with Crippen LogP contribution in [0.3, 0.4) is 0 Å². The minimum atomic E-state index is -0.541. The summed E-state index contributed by atoms with van der Waals surface area (Å²) in [5.74, 6) is 0.0418. The second-order valence-electron chi connectivity index (χ2n) is 7.22. The number of anilines is 2. The highest BCUT2D eigenvalue weighted by molar-refractivity contribution is 6.34. The summed E-state index contributed by atoms with van der Waals surface area (Å²) < 4.78 is 0. The van der Waals surface area contributed by atoms with Crippen molar-refractivity contribution in [3.05, 3.63) is 58.1 Å². The number of rotatable bonds is 4. The summed E-state index contributed by atoms with van der Waals surface area (Å²) in [6.07, 6.45) is 4.00. The average Bonchev–Trinajstić information content (AvgIpc) is 3.00. The van der Waals surface area contributed by atoms with Gasteiger partial charge in [0.05, 0.1) is 16.1 Å². The van der Waals surface area contributed by atoms with E-state index in [0.29, 0.717) is 34.4 Å². The zero-order valence-corrected chi connectivity index (χ0v) is 16.3. The van der Waals surface area contributed by atoms with E-state index in [1.165, 1.54) is 0 Å². The van der Waals surface area contributed by atoms with Crippen LogP contribution >= 0.6 is 23.2 Å². The van der Waals surface area contributed by atoms with Gasteiger partial charge in [0.1, 0.15) is 0 Å². The fourth-order valence-electron chi connectivity index (χ4n) is 3.92. The van der Waals surface area contributed by atoms with Crippen LogP contribution in [0.1, 0.15) is 37.7 Å². The number of amides is 2. The van der Waals surface area contributed by atoms with Crippen molar-refractivity contribution in [2.45, 2.75) is 37.5 Å². The van der Waals surface area contributed by atoms with E-state index < -0.39 is 5.41 Å². The molecule has 2 amide bonds. The number of hydrogen-bond donors (Lipinski definition) is 1. The van der Waals surface area contributed by atoms with Crippen molar-refractivity contribution < 1.29 is 9.59 Å². The number of hydrogen-bond acceptors (Lipinski definition) is 2. The van der Waals surface area contributed by atoms with Gasteiger partial charge in [0.25, 0.3) is 0 Å². The third-order valence-electron chi connectivity index (χ3n) is 5.59. The molecular weight excluding hydrogens is 383 g/mol. The van der Waals surface area contributed by atoms with Gasteiger partial charge in [-0.3, -0.25) is 9.59 Å². The molecule has 0 unspecified atom stereocenters. The first kappa shape index (κ1) is 18.3. The van der Waals surface area contributed by atoms with Crippen molar-refractivity contribution in [2.24, 2.45) is 0 Å². The molecular formula is C21H20Cl2N2O2. The smallest absolute Gasteiger partial charge is 0.235 e. The Balaban J connectivity index is 1.55. The van der Waals surface area contributed by atoms with E-state index >= 15 is 0 Å². The van der Waals surface area contributed by atoms with Gasteiger partial charge in [-0.15, -0.1) is 0 Å². The molecule has 4 rings (SSSR count). The van der Waals surface area contributed by atoms with E-state index in [-0.39, 0.29) is 11.8 Å². The van der Waals surface area contributed by atoms with Crippen molar-refractivity contribution in [3.63, 3.8) is 0 Å². The Morgan fingerprint density at radius 2 is 1.89 bits per heavy atom. The van der Waals surface area contributed by atoms with E-state index in [1.807, 2.05) is 24.3 Å². The zero-order valence-electron chi connectivity index (χ0n) is 14.8. The van der Waals surface area contributed by atoms with Crippen LogP contribution in [-0.4, -0.2) is 18.4 Å². The van der Waals surface area contributed by atoms with Crippen LogP contribution in [0.4, 0.5) is 11.4 Å². The van der Waals surface area contributed by atoms with E-state index in [4.69, 9.17) is 23.2 Å². The molecule has 1 saturated carbocycles. The number of carbonyl (C=O) groups is 2. The predicted molar refractivity (Wildman–Crippen MR) is 109 cm³/mol. The highest BCUT2D eigenvalue weighted by Crippen LogP contribution is 2.45. The summed E-state index contributed by atoms with van der Waals surface area (Å²) >= 11 is 12.5. The van der Waals surface area contributed by atoms with Gasteiger partial charge in [0.2, 0.25) is 11.8 Å². The molecule has 1 aliphatic heterocycles. The van der Waals surface area contributed by atoms with Crippen LogP contribution in [0.5, 0.6) is 0 Å². The Kier molecular flexibility index (Phi) is 4.87. The SMILES string of the molecule is O=C1CCCN1c1ccc(NC(=O)C2(c3cccc(Cl)c3)CCC2)cc1Cl. The van der Waals surface area contributed by atoms with Gasteiger partial charge in [0.15, 0.2) is 0 Å². The molecule has 1 aliphatic carbocycles. The number of carbonyl (C=O) groups excluding carboxylic acids is 2. The first-order chi connectivity index (χ1) is 13.0. The lowest BCUT2D eigenvalue weighted by Gasteiger charge is -2.40. The molecule has 2 aromatic rings. The molecule has 4 nitrogen and oxygen atoms in total. The Labute approximate surface area is 168 Å². The van der Waals surface area contributed by atoms with Crippen molar-refractivity contribution >= 4 is 46.4 Å². The lowest BCUT2D eigenvalue weighted by molar-refractivity contribution is -0.124. The Morgan fingerprint density at radius 1 is 1.07 bits per heavy atom. The average molecular weight is 403 g/mol. The molecule has 0 spiro atoms. The molecule has 6 heteroatoms. The van der Waals surface area contributed by atoms with Crippen molar-refractivity contribution in [3.8, 4) is 0 Å². The topological polar surface area (TPSA) is 49.4 Å². The molecule has 27 heavy (non-hydrogen) atoms. The second kappa shape index (κ2) is 7.17. The minimum absolute atomic E-state index is 0.0444. The molecule has 2 fully saturated rings. The Morgan fingerprint density at radius 3 is 2.48 bits per heavy atom. The van der Waals surface area contributed by atoms with Crippen molar-refractivity contribution in [1.29, 1.82) is 0 Å². The van der Waals surface area contributed by atoms with Gasteiger partial charge in [-0.25, -0.2) is 0 Å². The zero-order chi connectivity index (χ0) is 19.0. The predicted octanol–water partition coefficient (Wildman–Crippen LogP) is 5.18. The summed E-state index contributed by atoms with van der Waals surface area (Å²) in [4.78, 5) is 26.7.